The van der Waals surface area contributed by atoms with Crippen LogP contribution in [0, 0.1) is 6.92 Å². The van der Waals surface area contributed by atoms with Crippen LogP contribution >= 0.6 is 24.0 Å². The number of likely N-dealkylation sites (N-methyl/N-ethyl adjacent to an activating group) is 1. The number of sulfonamides is 1. The quantitative estimate of drug-likeness (QED) is 0.242. The Hall–Kier alpha value is -1.11. The molecule has 1 fully saturated rings. The first kappa shape index (κ1) is 27.9. The lowest BCUT2D eigenvalue weighted by atomic mass is 10.1. The largest absolute Gasteiger partial charge is 0.492 e. The van der Waals surface area contributed by atoms with E-state index in [4.69, 9.17) is 9.47 Å². The van der Waals surface area contributed by atoms with Crippen LogP contribution < -0.4 is 14.8 Å². The predicted octanol–water partition coefficient (Wildman–Crippen LogP) is 2.38. The molecule has 178 valence electrons. The van der Waals surface area contributed by atoms with E-state index >= 15 is 0 Å². The van der Waals surface area contributed by atoms with Gasteiger partial charge < -0.3 is 19.7 Å². The second-order valence-corrected chi connectivity index (χ2v) is 9.40. The molecule has 0 aromatic heterocycles. The third kappa shape index (κ3) is 11.4. The van der Waals surface area contributed by atoms with Crippen LogP contribution in [0.5, 0.6) is 5.75 Å². The van der Waals surface area contributed by atoms with E-state index in [1.165, 1.54) is 5.56 Å². The maximum atomic E-state index is 12.2. The van der Waals surface area contributed by atoms with E-state index in [1.807, 2.05) is 50.1 Å². The minimum Gasteiger partial charge on any atom is -0.492 e. The second kappa shape index (κ2) is 14.9. The fourth-order valence-corrected chi connectivity index (χ4v) is 3.96. The summed E-state index contributed by atoms with van der Waals surface area (Å²) in [6.45, 7) is 7.09. The van der Waals surface area contributed by atoms with E-state index in [0.29, 0.717) is 38.8 Å². The highest BCUT2D eigenvalue weighted by Gasteiger charge is 2.17. The zero-order chi connectivity index (χ0) is 21.8. The Balaban J connectivity index is 0.00000480. The number of aryl methyl sites for hydroxylation is 1. The van der Waals surface area contributed by atoms with Crippen molar-refractivity contribution in [2.24, 2.45) is 4.99 Å². The predicted molar refractivity (Wildman–Crippen MR) is 136 cm³/mol. The first-order valence-electron chi connectivity index (χ1n) is 10.7. The topological polar surface area (TPSA) is 92.3 Å². The lowest BCUT2D eigenvalue weighted by molar-refractivity contribution is 0.0200. The first-order valence-corrected chi connectivity index (χ1v) is 12.3. The number of aliphatic imine (C=N–C) groups is 1. The zero-order valence-corrected chi connectivity index (χ0v) is 21.9. The summed E-state index contributed by atoms with van der Waals surface area (Å²) in [5, 5.41) is 3.19. The summed E-state index contributed by atoms with van der Waals surface area (Å²) in [6.07, 6.45) is 3.02. The number of nitrogens with zero attached hydrogens (tertiary/aromatic N) is 2. The summed E-state index contributed by atoms with van der Waals surface area (Å²) < 4.78 is 38.5. The summed E-state index contributed by atoms with van der Waals surface area (Å²) in [4.78, 5) is 6.39. The number of guanidine groups is 1. The molecule has 0 aliphatic carbocycles. The average Bonchev–Trinajstić information content (AvgIpc) is 2.74. The fourth-order valence-electron chi connectivity index (χ4n) is 3.04. The van der Waals surface area contributed by atoms with Crippen molar-refractivity contribution in [1.29, 1.82) is 0 Å². The molecule has 2 N–H and O–H groups in total. The third-order valence-electron chi connectivity index (χ3n) is 4.84. The molecule has 31 heavy (non-hydrogen) atoms. The van der Waals surface area contributed by atoms with Gasteiger partial charge in [-0.2, -0.15) is 0 Å². The van der Waals surface area contributed by atoms with Crippen LogP contribution in [0.25, 0.3) is 0 Å². The number of nitrogens with one attached hydrogen (secondary N) is 2. The molecule has 1 aliphatic rings. The van der Waals surface area contributed by atoms with Gasteiger partial charge in [-0.05, 0) is 45.2 Å². The van der Waals surface area contributed by atoms with Gasteiger partial charge in [0.1, 0.15) is 12.4 Å². The molecule has 1 aliphatic heterocycles. The molecule has 1 aromatic rings. The number of hydrogen-bond acceptors (Lipinski definition) is 5. The Morgan fingerprint density at radius 3 is 2.68 bits per heavy atom. The minimum atomic E-state index is -3.38. The van der Waals surface area contributed by atoms with E-state index in [9.17, 15) is 8.42 Å². The molecule has 1 saturated heterocycles. The van der Waals surface area contributed by atoms with E-state index in [-0.39, 0.29) is 42.4 Å². The van der Waals surface area contributed by atoms with Gasteiger partial charge in [-0.25, -0.2) is 13.1 Å². The standard InChI is InChI=1S/C21H36N4O4S.HI/c1-4-22-21(25(3)13-15-29-19-10-8-18(2)9-11-19)23-12-16-30(26,27)24-17-20-7-5-6-14-28-20;/h8-11,20,24H,4-7,12-17H2,1-3H3,(H,22,23);1H. The number of hydrogen-bond donors (Lipinski definition) is 2. The van der Waals surface area contributed by atoms with Gasteiger partial charge in [0.2, 0.25) is 10.0 Å². The van der Waals surface area contributed by atoms with Crippen LogP contribution in [0.4, 0.5) is 0 Å². The van der Waals surface area contributed by atoms with Crippen LogP contribution in [0.3, 0.4) is 0 Å². The molecule has 0 saturated carbocycles. The van der Waals surface area contributed by atoms with Crippen molar-refractivity contribution in [2.75, 3.05) is 52.2 Å². The molecule has 8 nitrogen and oxygen atoms in total. The molecule has 0 bridgehead atoms. The van der Waals surface area contributed by atoms with Crippen LogP contribution in [-0.4, -0.2) is 77.6 Å². The molecule has 1 unspecified atom stereocenters. The molecule has 0 spiro atoms. The van der Waals surface area contributed by atoms with Gasteiger partial charge in [0.25, 0.3) is 0 Å². The van der Waals surface area contributed by atoms with Gasteiger partial charge in [0, 0.05) is 26.7 Å². The molecule has 10 heteroatoms. The van der Waals surface area contributed by atoms with Crippen LogP contribution in [-0.2, 0) is 14.8 Å². The Kier molecular flexibility index (Phi) is 13.4. The van der Waals surface area contributed by atoms with Gasteiger partial charge in [0.15, 0.2) is 5.96 Å². The average molecular weight is 569 g/mol. The summed E-state index contributed by atoms with van der Waals surface area (Å²) >= 11 is 0. The van der Waals surface area contributed by atoms with Crippen LogP contribution in [0.2, 0.25) is 0 Å². The second-order valence-electron chi connectivity index (χ2n) is 7.47. The number of ether oxygens (including phenoxy) is 2. The van der Waals surface area contributed by atoms with Gasteiger partial charge in [-0.1, -0.05) is 17.7 Å². The molecule has 1 atom stereocenters. The van der Waals surface area contributed by atoms with Crippen molar-refractivity contribution in [3.05, 3.63) is 29.8 Å². The van der Waals surface area contributed by atoms with Gasteiger partial charge in [0.05, 0.1) is 24.9 Å². The van der Waals surface area contributed by atoms with E-state index in [1.54, 1.807) is 0 Å². The molecule has 2 rings (SSSR count). The number of benzene rings is 1. The van der Waals surface area contributed by atoms with Crippen LogP contribution in [0.15, 0.2) is 29.3 Å². The molecule has 1 aromatic carbocycles. The maximum absolute atomic E-state index is 12.2. The smallest absolute Gasteiger partial charge is 0.213 e. The highest BCUT2D eigenvalue weighted by molar-refractivity contribution is 14.0. The van der Waals surface area contributed by atoms with Crippen molar-refractivity contribution in [3.8, 4) is 5.75 Å². The highest BCUT2D eigenvalue weighted by atomic mass is 127. The Morgan fingerprint density at radius 1 is 1.29 bits per heavy atom. The summed E-state index contributed by atoms with van der Waals surface area (Å²) in [7, 11) is -1.47. The molecular weight excluding hydrogens is 531 g/mol. The van der Waals surface area contributed by atoms with E-state index < -0.39 is 10.0 Å². The van der Waals surface area contributed by atoms with Gasteiger partial charge >= 0.3 is 0 Å². The number of rotatable bonds is 11. The van der Waals surface area contributed by atoms with Gasteiger partial charge in [-0.3, -0.25) is 4.99 Å². The normalized spacial score (nSPS) is 17.0. The summed E-state index contributed by atoms with van der Waals surface area (Å²) in [5.74, 6) is 1.44. The monoisotopic (exact) mass is 568 g/mol. The van der Waals surface area contributed by atoms with Crippen molar-refractivity contribution in [3.63, 3.8) is 0 Å². The number of halogens is 1. The van der Waals surface area contributed by atoms with Crippen molar-refractivity contribution < 1.29 is 17.9 Å². The third-order valence-corrected chi connectivity index (χ3v) is 6.17. The van der Waals surface area contributed by atoms with Gasteiger partial charge in [-0.15, -0.1) is 24.0 Å². The molecular formula is C21H37IN4O4S. The first-order chi connectivity index (χ1) is 14.4. The Bertz CT molecular complexity index is 753. The summed E-state index contributed by atoms with van der Waals surface area (Å²) in [6, 6.07) is 7.93. The zero-order valence-electron chi connectivity index (χ0n) is 18.8. The minimum absolute atomic E-state index is 0. The van der Waals surface area contributed by atoms with Crippen molar-refractivity contribution in [1.82, 2.24) is 14.9 Å². The van der Waals surface area contributed by atoms with Crippen LogP contribution in [0.1, 0.15) is 31.7 Å². The van der Waals surface area contributed by atoms with Crippen molar-refractivity contribution in [2.45, 2.75) is 39.2 Å². The van der Waals surface area contributed by atoms with E-state index in [2.05, 4.69) is 15.0 Å². The molecule has 0 radical (unpaired) electrons. The maximum Gasteiger partial charge on any atom is 0.213 e. The summed E-state index contributed by atoms with van der Waals surface area (Å²) in [5.41, 5.74) is 1.19. The SMILES string of the molecule is CCNC(=NCCS(=O)(=O)NCC1CCCCO1)N(C)CCOc1ccc(C)cc1.I. The molecule has 1 heterocycles. The Labute approximate surface area is 204 Å². The lowest BCUT2D eigenvalue weighted by Gasteiger charge is -2.23. The van der Waals surface area contributed by atoms with E-state index in [0.717, 1.165) is 25.0 Å². The fraction of sp³-hybridized carbons (Fsp3) is 0.667. The Morgan fingerprint density at radius 2 is 2.03 bits per heavy atom. The van der Waals surface area contributed by atoms with Crippen molar-refractivity contribution >= 4 is 40.0 Å². The molecule has 0 amide bonds. The lowest BCUT2D eigenvalue weighted by Crippen LogP contribution is -2.41. The highest BCUT2D eigenvalue weighted by Crippen LogP contribution is 2.12.